The fourth-order valence-corrected chi connectivity index (χ4v) is 5.16. The van der Waals surface area contributed by atoms with E-state index in [1.807, 2.05) is 0 Å². The largest absolute Gasteiger partial charge is 0.484 e. The van der Waals surface area contributed by atoms with Gasteiger partial charge in [0.25, 0.3) is 5.91 Å². The molecular weight excluding hydrogens is 522 g/mol. The lowest BCUT2D eigenvalue weighted by molar-refractivity contribution is -0.130. The summed E-state index contributed by atoms with van der Waals surface area (Å²) in [6, 6.07) is 18.9. The molecule has 5 nitrogen and oxygen atoms in total. The van der Waals surface area contributed by atoms with Crippen molar-refractivity contribution in [3.8, 4) is 5.75 Å². The lowest BCUT2D eigenvalue weighted by Gasteiger charge is -2.23. The van der Waals surface area contributed by atoms with Gasteiger partial charge < -0.3 is 15.4 Å². The first-order valence-corrected chi connectivity index (χ1v) is 13.7. The maximum atomic E-state index is 13.5. The molecule has 2 unspecified atom stereocenters. The Hall–Kier alpha value is -3.29. The lowest BCUT2D eigenvalue weighted by Crippen LogP contribution is -2.48. The van der Waals surface area contributed by atoms with Crippen LogP contribution in [0.1, 0.15) is 49.1 Å². The van der Waals surface area contributed by atoms with E-state index in [1.165, 1.54) is 24.3 Å². The smallest absolute Gasteiger partial charge is 0.258 e. The van der Waals surface area contributed by atoms with Gasteiger partial charge in [-0.05, 0) is 91.4 Å². The molecule has 0 spiro atoms. The molecule has 1 amide bonds. The zero-order chi connectivity index (χ0) is 27.6. The first-order chi connectivity index (χ1) is 18.9. The number of ketones is 1. The van der Waals surface area contributed by atoms with Gasteiger partial charge in [-0.15, -0.1) is 0 Å². The molecule has 39 heavy (non-hydrogen) atoms. The number of benzene rings is 3. The van der Waals surface area contributed by atoms with Crippen LogP contribution in [-0.2, 0) is 9.59 Å². The Kier molecular flexibility index (Phi) is 10.5. The zero-order valence-corrected chi connectivity index (χ0v) is 22.4. The first kappa shape index (κ1) is 28.7. The Morgan fingerprint density at radius 3 is 2.10 bits per heavy atom. The van der Waals surface area contributed by atoms with E-state index < -0.39 is 6.04 Å². The summed E-state index contributed by atoms with van der Waals surface area (Å²) < 4.78 is 32.6. The van der Waals surface area contributed by atoms with E-state index in [1.54, 1.807) is 48.5 Å². The molecule has 1 saturated heterocycles. The second-order valence-electron chi connectivity index (χ2n) is 9.91. The number of ether oxygens (including phenoxy) is 1. The van der Waals surface area contributed by atoms with E-state index >= 15 is 0 Å². The molecule has 2 atom stereocenters. The molecule has 1 aliphatic heterocycles. The Bertz CT molecular complexity index is 1170. The Morgan fingerprint density at radius 2 is 1.54 bits per heavy atom. The van der Waals surface area contributed by atoms with Gasteiger partial charge in [-0.3, -0.25) is 9.59 Å². The summed E-state index contributed by atoms with van der Waals surface area (Å²) in [5.74, 6) is -0.446. The molecule has 3 aromatic carbocycles. The van der Waals surface area contributed by atoms with Gasteiger partial charge in [-0.2, -0.15) is 0 Å². The summed E-state index contributed by atoms with van der Waals surface area (Å²) >= 11 is 5.89. The van der Waals surface area contributed by atoms with Gasteiger partial charge >= 0.3 is 0 Å². The van der Waals surface area contributed by atoms with Crippen LogP contribution in [0.2, 0.25) is 5.02 Å². The van der Waals surface area contributed by atoms with E-state index in [9.17, 15) is 18.4 Å². The number of rotatable bonds is 13. The third-order valence-corrected chi connectivity index (χ3v) is 7.38. The van der Waals surface area contributed by atoms with Crippen molar-refractivity contribution in [3.05, 3.63) is 101 Å². The van der Waals surface area contributed by atoms with Crippen LogP contribution >= 0.6 is 11.6 Å². The third kappa shape index (κ3) is 8.60. The van der Waals surface area contributed by atoms with E-state index in [4.69, 9.17) is 16.3 Å². The molecule has 0 aromatic heterocycles. The minimum Gasteiger partial charge on any atom is -0.484 e. The van der Waals surface area contributed by atoms with Crippen LogP contribution in [0.4, 0.5) is 8.78 Å². The molecule has 1 heterocycles. The van der Waals surface area contributed by atoms with Crippen molar-refractivity contribution in [2.45, 2.75) is 44.1 Å². The van der Waals surface area contributed by atoms with E-state index in [-0.39, 0.29) is 41.8 Å². The van der Waals surface area contributed by atoms with Crippen LogP contribution in [0, 0.1) is 17.6 Å². The van der Waals surface area contributed by atoms with Crippen molar-refractivity contribution < 1.29 is 23.1 Å². The summed E-state index contributed by atoms with van der Waals surface area (Å²) in [5, 5.41) is 6.75. The fourth-order valence-electron chi connectivity index (χ4n) is 5.04. The fraction of sp³-hybridized carbons (Fsp3) is 0.355. The Morgan fingerprint density at radius 1 is 0.923 bits per heavy atom. The summed E-state index contributed by atoms with van der Waals surface area (Å²) in [4.78, 5) is 25.9. The van der Waals surface area contributed by atoms with Crippen LogP contribution < -0.4 is 15.4 Å². The second kappa shape index (κ2) is 14.2. The van der Waals surface area contributed by atoms with E-state index in [0.29, 0.717) is 30.2 Å². The number of hydrogen-bond donors (Lipinski definition) is 2. The van der Waals surface area contributed by atoms with Crippen molar-refractivity contribution in [2.75, 3.05) is 19.7 Å². The first-order valence-electron chi connectivity index (χ1n) is 13.3. The highest BCUT2D eigenvalue weighted by Gasteiger charge is 2.31. The van der Waals surface area contributed by atoms with Crippen molar-refractivity contribution in [1.29, 1.82) is 0 Å². The van der Waals surface area contributed by atoms with Gasteiger partial charge in [0.2, 0.25) is 0 Å². The number of amides is 1. The van der Waals surface area contributed by atoms with Crippen molar-refractivity contribution in [1.82, 2.24) is 10.6 Å². The third-order valence-electron chi connectivity index (χ3n) is 7.13. The summed E-state index contributed by atoms with van der Waals surface area (Å²) in [5.41, 5.74) is 1.88. The van der Waals surface area contributed by atoms with Gasteiger partial charge in [-0.25, -0.2) is 8.78 Å². The molecule has 0 saturated carbocycles. The molecule has 0 radical (unpaired) electrons. The number of Topliss-reactive ketones (excluding diaryl/α,β-unsaturated/α-hetero) is 1. The van der Waals surface area contributed by atoms with Gasteiger partial charge in [0.1, 0.15) is 17.4 Å². The van der Waals surface area contributed by atoms with Crippen LogP contribution in [0.25, 0.3) is 0 Å². The zero-order valence-electron chi connectivity index (χ0n) is 21.7. The monoisotopic (exact) mass is 554 g/mol. The highest BCUT2D eigenvalue weighted by Crippen LogP contribution is 2.30. The molecular formula is C31H33ClF2N2O3. The number of carbonyl (C=O) groups is 2. The molecule has 0 aliphatic carbocycles. The number of carbonyl (C=O) groups excluding carboxylic acids is 2. The topological polar surface area (TPSA) is 67.4 Å². The lowest BCUT2D eigenvalue weighted by atomic mass is 9.86. The average molecular weight is 555 g/mol. The summed E-state index contributed by atoms with van der Waals surface area (Å²) in [7, 11) is 0. The highest BCUT2D eigenvalue weighted by atomic mass is 35.5. The van der Waals surface area contributed by atoms with Crippen LogP contribution in [0.3, 0.4) is 0 Å². The average Bonchev–Trinajstić information content (AvgIpc) is 3.47. The minimum atomic E-state index is -0.577. The maximum absolute atomic E-state index is 13.5. The standard InChI is InChI=1S/C31H33ClF2N2O3/c32-24-9-15-27(16-10-24)39-20-30(38)36-31(23-17-18-35-19-23)29(37)4-2-1-3-28(21-5-11-25(33)12-6-21)22-7-13-26(34)14-8-22/h5-16,23,28,31,35H,1-4,17-20H2,(H,36,38). The quantitative estimate of drug-likeness (QED) is 0.252. The molecule has 206 valence electrons. The predicted molar refractivity (Wildman–Crippen MR) is 148 cm³/mol. The minimum absolute atomic E-state index is 0.00339. The maximum Gasteiger partial charge on any atom is 0.258 e. The molecule has 1 fully saturated rings. The Labute approximate surface area is 232 Å². The normalized spacial score (nSPS) is 15.7. The SMILES string of the molecule is O=C(COc1ccc(Cl)cc1)NC(C(=O)CCCCC(c1ccc(F)cc1)c1ccc(F)cc1)C1CCNC1. The molecule has 8 heteroatoms. The molecule has 4 rings (SSSR count). The number of unbranched alkanes of at least 4 members (excludes halogenated alkanes) is 1. The summed E-state index contributed by atoms with van der Waals surface area (Å²) in [6.45, 7) is 1.29. The van der Waals surface area contributed by atoms with Crippen molar-refractivity contribution in [3.63, 3.8) is 0 Å². The molecule has 2 N–H and O–H groups in total. The second-order valence-corrected chi connectivity index (χ2v) is 10.3. The number of nitrogens with one attached hydrogen (secondary N) is 2. The van der Waals surface area contributed by atoms with E-state index in [2.05, 4.69) is 10.6 Å². The van der Waals surface area contributed by atoms with Crippen molar-refractivity contribution in [2.24, 2.45) is 5.92 Å². The molecule has 1 aliphatic rings. The Balaban J connectivity index is 1.32. The van der Waals surface area contributed by atoms with Crippen molar-refractivity contribution >= 4 is 23.3 Å². The van der Waals surface area contributed by atoms with Crippen LogP contribution in [0.5, 0.6) is 5.75 Å². The van der Waals surface area contributed by atoms with Gasteiger partial charge in [0, 0.05) is 23.9 Å². The van der Waals surface area contributed by atoms with Gasteiger partial charge in [0.15, 0.2) is 12.4 Å². The summed E-state index contributed by atoms with van der Waals surface area (Å²) in [6.07, 6.45) is 3.26. The number of hydrogen-bond acceptors (Lipinski definition) is 4. The predicted octanol–water partition coefficient (Wildman–Crippen LogP) is 6.05. The molecule has 0 bridgehead atoms. The van der Waals surface area contributed by atoms with Gasteiger partial charge in [0.05, 0.1) is 6.04 Å². The van der Waals surface area contributed by atoms with Gasteiger partial charge in [-0.1, -0.05) is 42.3 Å². The van der Waals surface area contributed by atoms with Crippen LogP contribution in [0.15, 0.2) is 72.8 Å². The van der Waals surface area contributed by atoms with E-state index in [0.717, 1.165) is 36.9 Å². The van der Waals surface area contributed by atoms with Crippen LogP contribution in [-0.4, -0.2) is 37.4 Å². The molecule has 3 aromatic rings. The highest BCUT2D eigenvalue weighted by molar-refractivity contribution is 6.30. The number of halogens is 3.